The Bertz CT molecular complexity index is 902. The van der Waals surface area contributed by atoms with Crippen molar-refractivity contribution in [3.63, 3.8) is 0 Å². The van der Waals surface area contributed by atoms with Gasteiger partial charge in [-0.1, -0.05) is 24.3 Å². The number of ether oxygens (including phenoxy) is 1. The number of nitrogens with one attached hydrogen (secondary N) is 1. The van der Waals surface area contributed by atoms with Gasteiger partial charge in [-0.15, -0.1) is 0 Å². The summed E-state index contributed by atoms with van der Waals surface area (Å²) in [5.41, 5.74) is 11.2. The molecule has 4 rings (SSSR count). The lowest BCUT2D eigenvalue weighted by Gasteiger charge is -2.28. The predicted molar refractivity (Wildman–Crippen MR) is 98.4 cm³/mol. The summed E-state index contributed by atoms with van der Waals surface area (Å²) in [5.74, 6) is 0.377. The molecule has 0 bridgehead atoms. The van der Waals surface area contributed by atoms with Gasteiger partial charge < -0.3 is 15.4 Å². The fraction of sp³-hybridized carbons (Fsp3) is 0.222. The monoisotopic (exact) mass is 350 g/mol. The maximum atomic E-state index is 12.4. The third-order valence-electron chi connectivity index (χ3n) is 4.29. The van der Waals surface area contributed by atoms with E-state index in [1.807, 2.05) is 30.3 Å². The smallest absolute Gasteiger partial charge is 0.290 e. The number of nitrogens with zero attached hydrogens (tertiary/aromatic N) is 4. The van der Waals surface area contributed by atoms with E-state index in [1.165, 1.54) is 0 Å². The van der Waals surface area contributed by atoms with Crippen LogP contribution in [-0.2, 0) is 4.74 Å². The van der Waals surface area contributed by atoms with Crippen molar-refractivity contribution in [2.24, 2.45) is 15.8 Å². The van der Waals surface area contributed by atoms with Crippen LogP contribution in [0.4, 0.5) is 5.69 Å². The number of aliphatic imine (C=N–C) groups is 1. The summed E-state index contributed by atoms with van der Waals surface area (Å²) >= 11 is 0. The van der Waals surface area contributed by atoms with Crippen molar-refractivity contribution in [3.05, 3.63) is 59.4 Å². The van der Waals surface area contributed by atoms with E-state index in [-0.39, 0.29) is 0 Å². The van der Waals surface area contributed by atoms with Gasteiger partial charge in [-0.2, -0.15) is 5.10 Å². The minimum atomic E-state index is -0.397. The third kappa shape index (κ3) is 3.14. The number of carbonyl (C=O) groups is 1. The molecule has 2 aromatic rings. The fourth-order valence-electron chi connectivity index (χ4n) is 2.94. The number of carbonyl (C=O) groups excluding carboxylic acids is 1. The number of fused-ring (bicyclic) bond motifs is 1. The molecule has 2 aliphatic heterocycles. The quantitative estimate of drug-likeness (QED) is 0.794. The van der Waals surface area contributed by atoms with Crippen LogP contribution in [0.25, 0.3) is 0 Å². The molecule has 0 spiro atoms. The summed E-state index contributed by atoms with van der Waals surface area (Å²) in [4.78, 5) is 22.9. The summed E-state index contributed by atoms with van der Waals surface area (Å²) in [7, 11) is 0. The first-order valence-corrected chi connectivity index (χ1v) is 8.33. The third-order valence-corrected chi connectivity index (χ3v) is 4.29. The second kappa shape index (κ2) is 6.93. The second-order valence-electron chi connectivity index (χ2n) is 5.92. The first kappa shape index (κ1) is 16.2. The van der Waals surface area contributed by atoms with Gasteiger partial charge in [0.2, 0.25) is 0 Å². The van der Waals surface area contributed by atoms with Crippen LogP contribution < -0.4 is 16.1 Å². The second-order valence-corrected chi connectivity index (χ2v) is 5.92. The van der Waals surface area contributed by atoms with Gasteiger partial charge >= 0.3 is 0 Å². The van der Waals surface area contributed by atoms with Gasteiger partial charge in [0.1, 0.15) is 11.5 Å². The van der Waals surface area contributed by atoms with Crippen molar-refractivity contribution in [2.75, 3.05) is 31.2 Å². The van der Waals surface area contributed by atoms with E-state index in [1.54, 1.807) is 12.3 Å². The lowest BCUT2D eigenvalue weighted by atomic mass is 10.1. The molecule has 0 unspecified atom stereocenters. The van der Waals surface area contributed by atoms with Crippen LogP contribution in [0.3, 0.4) is 0 Å². The summed E-state index contributed by atoms with van der Waals surface area (Å²) < 4.78 is 5.35. The first-order chi connectivity index (χ1) is 12.7. The molecule has 0 radical (unpaired) electrons. The SMILES string of the molecule is NC1=N/C(=N\NC(=O)c2cc(N3CCOCC3)ccn2)c2ccccc21. The van der Waals surface area contributed by atoms with Gasteiger partial charge in [-0.25, -0.2) is 10.4 Å². The lowest BCUT2D eigenvalue weighted by molar-refractivity contribution is 0.0950. The van der Waals surface area contributed by atoms with Gasteiger partial charge in [-0.05, 0) is 12.1 Å². The molecule has 2 aliphatic rings. The topological polar surface area (TPSA) is 105 Å². The average molecular weight is 350 g/mol. The van der Waals surface area contributed by atoms with Crippen molar-refractivity contribution in [2.45, 2.75) is 0 Å². The number of aromatic nitrogens is 1. The minimum absolute atomic E-state index is 0.293. The van der Waals surface area contributed by atoms with E-state index in [0.717, 1.165) is 29.9 Å². The molecule has 132 valence electrons. The molecule has 1 saturated heterocycles. The Labute approximate surface area is 150 Å². The number of benzene rings is 1. The number of amides is 1. The number of morpholine rings is 1. The summed E-state index contributed by atoms with van der Waals surface area (Å²) in [5, 5.41) is 4.11. The Hall–Kier alpha value is -3.26. The molecule has 1 amide bonds. The number of hydrazone groups is 1. The van der Waals surface area contributed by atoms with E-state index < -0.39 is 5.91 Å². The Morgan fingerprint density at radius 2 is 1.96 bits per heavy atom. The van der Waals surface area contributed by atoms with Crippen molar-refractivity contribution < 1.29 is 9.53 Å². The Balaban J connectivity index is 1.51. The first-order valence-electron chi connectivity index (χ1n) is 8.33. The molecule has 3 N–H and O–H groups in total. The molecular weight excluding hydrogens is 332 g/mol. The van der Waals surface area contributed by atoms with Gasteiger partial charge in [0.05, 0.1) is 13.2 Å². The van der Waals surface area contributed by atoms with E-state index in [0.29, 0.717) is 30.6 Å². The van der Waals surface area contributed by atoms with Crippen LogP contribution in [0, 0.1) is 0 Å². The number of amidine groups is 2. The Morgan fingerprint density at radius 3 is 2.77 bits per heavy atom. The molecule has 1 fully saturated rings. The fourth-order valence-corrected chi connectivity index (χ4v) is 2.94. The van der Waals surface area contributed by atoms with E-state index in [4.69, 9.17) is 10.5 Å². The molecule has 0 saturated carbocycles. The Morgan fingerprint density at radius 1 is 1.19 bits per heavy atom. The van der Waals surface area contributed by atoms with Gasteiger partial charge in [-0.3, -0.25) is 9.78 Å². The maximum absolute atomic E-state index is 12.4. The van der Waals surface area contributed by atoms with Crippen LogP contribution in [0.15, 0.2) is 52.7 Å². The molecule has 8 nitrogen and oxygen atoms in total. The minimum Gasteiger partial charge on any atom is -0.383 e. The molecule has 1 aromatic heterocycles. The molecule has 8 heteroatoms. The van der Waals surface area contributed by atoms with Crippen molar-refractivity contribution in [3.8, 4) is 0 Å². The molecule has 1 aromatic carbocycles. The number of hydrogen-bond acceptors (Lipinski definition) is 6. The van der Waals surface area contributed by atoms with Crippen LogP contribution in [0.2, 0.25) is 0 Å². The van der Waals surface area contributed by atoms with Crippen LogP contribution >= 0.6 is 0 Å². The van der Waals surface area contributed by atoms with E-state index >= 15 is 0 Å². The molecule has 3 heterocycles. The highest BCUT2D eigenvalue weighted by Crippen LogP contribution is 2.18. The lowest BCUT2D eigenvalue weighted by Crippen LogP contribution is -2.36. The highest BCUT2D eigenvalue weighted by molar-refractivity contribution is 6.21. The summed E-state index contributed by atoms with van der Waals surface area (Å²) in [6.45, 7) is 2.93. The summed E-state index contributed by atoms with van der Waals surface area (Å²) in [6.07, 6.45) is 1.62. The number of rotatable bonds is 3. The van der Waals surface area contributed by atoms with Gasteiger partial charge in [0.25, 0.3) is 5.91 Å². The molecule has 0 atom stereocenters. The molecular formula is C18H18N6O2. The van der Waals surface area contributed by atoms with E-state index in [9.17, 15) is 4.79 Å². The number of pyridine rings is 1. The highest BCUT2D eigenvalue weighted by atomic mass is 16.5. The molecule has 26 heavy (non-hydrogen) atoms. The van der Waals surface area contributed by atoms with Crippen molar-refractivity contribution >= 4 is 23.3 Å². The molecule has 0 aliphatic carbocycles. The van der Waals surface area contributed by atoms with Crippen LogP contribution in [0.5, 0.6) is 0 Å². The van der Waals surface area contributed by atoms with Gasteiger partial charge in [0, 0.05) is 36.1 Å². The van der Waals surface area contributed by atoms with Crippen molar-refractivity contribution in [1.82, 2.24) is 10.4 Å². The number of nitrogens with two attached hydrogens (primary N) is 1. The summed E-state index contributed by atoms with van der Waals surface area (Å²) in [6, 6.07) is 11.1. The van der Waals surface area contributed by atoms with Gasteiger partial charge in [0.15, 0.2) is 5.84 Å². The Kier molecular flexibility index (Phi) is 4.32. The van der Waals surface area contributed by atoms with Crippen LogP contribution in [-0.4, -0.2) is 48.9 Å². The average Bonchev–Trinajstić information content (AvgIpc) is 3.03. The predicted octanol–water partition coefficient (Wildman–Crippen LogP) is 0.729. The number of anilines is 1. The largest absolute Gasteiger partial charge is 0.383 e. The standard InChI is InChI=1S/C18H18N6O2/c19-16-13-3-1-2-4-14(13)17(21-16)22-23-18(25)15-11-12(5-6-20-15)24-7-9-26-10-8-24/h1-6,11H,7-10H2,(H,23,25)(H2,19,21,22). The van der Waals surface area contributed by atoms with Crippen molar-refractivity contribution in [1.29, 1.82) is 0 Å². The maximum Gasteiger partial charge on any atom is 0.290 e. The highest BCUT2D eigenvalue weighted by Gasteiger charge is 2.19. The normalized spacial score (nSPS) is 17.8. The zero-order valence-electron chi connectivity index (χ0n) is 14.1. The zero-order valence-corrected chi connectivity index (χ0v) is 14.1. The zero-order chi connectivity index (χ0) is 17.9. The van der Waals surface area contributed by atoms with E-state index in [2.05, 4.69) is 25.4 Å². The van der Waals surface area contributed by atoms with Crippen LogP contribution in [0.1, 0.15) is 21.6 Å². The number of hydrogen-bond donors (Lipinski definition) is 2.